The van der Waals surface area contributed by atoms with E-state index < -0.39 is 11.9 Å². The largest absolute Gasteiger partial charge is 0.435 e. The highest BCUT2D eigenvalue weighted by Gasteiger charge is 2.32. The molecule has 0 saturated carbocycles. The van der Waals surface area contributed by atoms with Crippen molar-refractivity contribution in [1.82, 2.24) is 15.5 Å². The number of halogens is 3. The molecule has 0 unspecified atom stereocenters. The van der Waals surface area contributed by atoms with Crippen LogP contribution in [-0.4, -0.2) is 16.7 Å². The molecular weight excluding hydrogens is 281 g/mol. The van der Waals surface area contributed by atoms with E-state index in [1.165, 1.54) is 11.6 Å². The molecule has 2 N–H and O–H groups in total. The Morgan fingerprint density at radius 2 is 1.95 bits per heavy atom. The van der Waals surface area contributed by atoms with E-state index in [-0.39, 0.29) is 0 Å². The first kappa shape index (κ1) is 13.8. The fraction of sp³-hybridized carbons (Fsp3) is 0.286. The summed E-state index contributed by atoms with van der Waals surface area (Å²) in [5.74, 6) is 0.301. The SMILES string of the molecule is FC(F)(F)c1ccc(Nc2cccc3c2CCNC3)nn1. The van der Waals surface area contributed by atoms with Crippen molar-refractivity contribution in [3.63, 3.8) is 0 Å². The number of nitrogens with zero attached hydrogens (tertiary/aromatic N) is 2. The van der Waals surface area contributed by atoms with Crippen molar-refractivity contribution < 1.29 is 13.2 Å². The van der Waals surface area contributed by atoms with Crippen molar-refractivity contribution in [3.05, 3.63) is 47.2 Å². The number of hydrogen-bond acceptors (Lipinski definition) is 4. The summed E-state index contributed by atoms with van der Waals surface area (Å²) in [6.07, 6.45) is -3.60. The minimum absolute atomic E-state index is 0.301. The predicted octanol–water partition coefficient (Wildman–Crippen LogP) is 2.88. The summed E-state index contributed by atoms with van der Waals surface area (Å²) in [4.78, 5) is 0. The summed E-state index contributed by atoms with van der Waals surface area (Å²) < 4.78 is 37.3. The second-order valence-corrected chi connectivity index (χ2v) is 4.80. The molecule has 1 aliphatic heterocycles. The number of anilines is 2. The molecule has 0 aliphatic carbocycles. The first-order valence-electron chi connectivity index (χ1n) is 6.53. The van der Waals surface area contributed by atoms with Crippen molar-refractivity contribution in [3.8, 4) is 0 Å². The topological polar surface area (TPSA) is 49.8 Å². The fourth-order valence-electron chi connectivity index (χ4n) is 2.34. The van der Waals surface area contributed by atoms with Crippen molar-refractivity contribution in [2.45, 2.75) is 19.1 Å². The molecule has 21 heavy (non-hydrogen) atoms. The fourth-order valence-corrected chi connectivity index (χ4v) is 2.34. The Balaban J connectivity index is 1.84. The van der Waals surface area contributed by atoms with E-state index in [1.807, 2.05) is 18.2 Å². The van der Waals surface area contributed by atoms with Gasteiger partial charge in [-0.2, -0.15) is 13.2 Å². The van der Waals surface area contributed by atoms with Crippen molar-refractivity contribution >= 4 is 11.5 Å². The molecule has 110 valence electrons. The van der Waals surface area contributed by atoms with Crippen LogP contribution >= 0.6 is 0 Å². The van der Waals surface area contributed by atoms with Gasteiger partial charge in [-0.25, -0.2) is 0 Å². The lowest BCUT2D eigenvalue weighted by Crippen LogP contribution is -2.24. The van der Waals surface area contributed by atoms with Gasteiger partial charge in [-0.05, 0) is 42.3 Å². The van der Waals surface area contributed by atoms with Crippen LogP contribution in [0.1, 0.15) is 16.8 Å². The standard InChI is InChI=1S/C14H13F3N4/c15-14(16,17)12-4-5-13(21-20-12)19-11-3-1-2-9-8-18-7-6-10(9)11/h1-5,18H,6-8H2,(H,19,21). The van der Waals surface area contributed by atoms with E-state index >= 15 is 0 Å². The molecule has 1 aliphatic rings. The third kappa shape index (κ3) is 2.97. The first-order chi connectivity index (χ1) is 10.0. The predicted molar refractivity (Wildman–Crippen MR) is 72.2 cm³/mol. The number of alkyl halides is 3. The van der Waals surface area contributed by atoms with Gasteiger partial charge in [0.05, 0.1) is 0 Å². The van der Waals surface area contributed by atoms with E-state index in [9.17, 15) is 13.2 Å². The zero-order valence-electron chi connectivity index (χ0n) is 11.0. The summed E-state index contributed by atoms with van der Waals surface area (Å²) >= 11 is 0. The summed E-state index contributed by atoms with van der Waals surface area (Å²) in [5.41, 5.74) is 2.22. The molecular formula is C14H13F3N4. The van der Waals surface area contributed by atoms with Crippen LogP contribution in [0.5, 0.6) is 0 Å². The molecule has 1 aromatic carbocycles. The van der Waals surface area contributed by atoms with Gasteiger partial charge in [0.15, 0.2) is 11.5 Å². The lowest BCUT2D eigenvalue weighted by molar-refractivity contribution is -0.141. The van der Waals surface area contributed by atoms with Gasteiger partial charge < -0.3 is 10.6 Å². The molecule has 0 radical (unpaired) electrons. The van der Waals surface area contributed by atoms with E-state index in [0.717, 1.165) is 36.8 Å². The molecule has 1 aromatic heterocycles. The maximum Gasteiger partial charge on any atom is 0.435 e. The Hall–Kier alpha value is -2.15. The smallest absolute Gasteiger partial charge is 0.338 e. The number of aromatic nitrogens is 2. The third-order valence-corrected chi connectivity index (χ3v) is 3.36. The summed E-state index contributed by atoms with van der Waals surface area (Å²) in [6, 6.07) is 8.04. The van der Waals surface area contributed by atoms with Crippen molar-refractivity contribution in [2.75, 3.05) is 11.9 Å². The highest BCUT2D eigenvalue weighted by molar-refractivity contribution is 5.62. The Morgan fingerprint density at radius 1 is 1.10 bits per heavy atom. The Morgan fingerprint density at radius 3 is 2.67 bits per heavy atom. The van der Waals surface area contributed by atoms with Crippen LogP contribution in [-0.2, 0) is 19.1 Å². The molecule has 3 rings (SSSR count). The Labute approximate surface area is 119 Å². The van der Waals surface area contributed by atoms with E-state index in [2.05, 4.69) is 20.8 Å². The molecule has 2 aromatic rings. The quantitative estimate of drug-likeness (QED) is 0.894. The van der Waals surface area contributed by atoms with Gasteiger partial charge in [0.1, 0.15) is 0 Å². The maximum absolute atomic E-state index is 12.4. The van der Waals surface area contributed by atoms with Crippen LogP contribution < -0.4 is 10.6 Å². The van der Waals surface area contributed by atoms with Crippen LogP contribution in [0.2, 0.25) is 0 Å². The average Bonchev–Trinajstić information content (AvgIpc) is 2.47. The second-order valence-electron chi connectivity index (χ2n) is 4.80. The van der Waals surface area contributed by atoms with Gasteiger partial charge in [-0.3, -0.25) is 0 Å². The van der Waals surface area contributed by atoms with Gasteiger partial charge in [0, 0.05) is 12.2 Å². The van der Waals surface area contributed by atoms with Crippen molar-refractivity contribution in [2.24, 2.45) is 0 Å². The second kappa shape index (κ2) is 5.33. The molecule has 0 bridgehead atoms. The molecule has 2 heterocycles. The summed E-state index contributed by atoms with van der Waals surface area (Å²) in [7, 11) is 0. The molecule has 7 heteroatoms. The van der Waals surface area contributed by atoms with Gasteiger partial charge in [0.2, 0.25) is 0 Å². The highest BCUT2D eigenvalue weighted by atomic mass is 19.4. The monoisotopic (exact) mass is 294 g/mol. The molecule has 0 fully saturated rings. The summed E-state index contributed by atoms with van der Waals surface area (Å²) in [5, 5.41) is 13.1. The first-order valence-corrected chi connectivity index (χ1v) is 6.53. The molecule has 0 amide bonds. The van der Waals surface area contributed by atoms with Crippen LogP contribution in [0, 0.1) is 0 Å². The minimum Gasteiger partial charge on any atom is -0.338 e. The van der Waals surface area contributed by atoms with Crippen LogP contribution in [0.3, 0.4) is 0 Å². The van der Waals surface area contributed by atoms with Gasteiger partial charge in [-0.1, -0.05) is 12.1 Å². The number of rotatable bonds is 2. The highest BCUT2D eigenvalue weighted by Crippen LogP contribution is 2.28. The van der Waals surface area contributed by atoms with Crippen LogP contribution in [0.15, 0.2) is 30.3 Å². The molecule has 0 spiro atoms. The number of hydrogen-bond donors (Lipinski definition) is 2. The van der Waals surface area contributed by atoms with E-state index in [4.69, 9.17) is 0 Å². The van der Waals surface area contributed by atoms with E-state index in [0.29, 0.717) is 5.82 Å². The zero-order chi connectivity index (χ0) is 14.9. The number of fused-ring (bicyclic) bond motifs is 1. The van der Waals surface area contributed by atoms with Gasteiger partial charge in [0.25, 0.3) is 0 Å². The Kier molecular flexibility index (Phi) is 3.50. The zero-order valence-corrected chi connectivity index (χ0v) is 11.0. The minimum atomic E-state index is -4.47. The maximum atomic E-state index is 12.4. The van der Waals surface area contributed by atoms with Crippen LogP contribution in [0.25, 0.3) is 0 Å². The molecule has 0 saturated heterocycles. The lowest BCUT2D eigenvalue weighted by atomic mass is 9.99. The average molecular weight is 294 g/mol. The summed E-state index contributed by atoms with van der Waals surface area (Å²) in [6.45, 7) is 1.67. The number of nitrogens with one attached hydrogen (secondary N) is 2. The lowest BCUT2D eigenvalue weighted by Gasteiger charge is -2.20. The molecule has 0 atom stereocenters. The van der Waals surface area contributed by atoms with Gasteiger partial charge in [-0.15, -0.1) is 10.2 Å². The Bertz CT molecular complexity index is 638. The van der Waals surface area contributed by atoms with Crippen LogP contribution in [0.4, 0.5) is 24.7 Å². The van der Waals surface area contributed by atoms with E-state index in [1.54, 1.807) is 0 Å². The normalized spacial score (nSPS) is 14.6. The third-order valence-electron chi connectivity index (χ3n) is 3.36. The number of benzene rings is 1. The molecule has 4 nitrogen and oxygen atoms in total. The van der Waals surface area contributed by atoms with Crippen molar-refractivity contribution in [1.29, 1.82) is 0 Å². The van der Waals surface area contributed by atoms with Gasteiger partial charge >= 0.3 is 6.18 Å².